The van der Waals surface area contributed by atoms with Crippen LogP contribution in [0.5, 0.6) is 0 Å². The average molecular weight is 378 g/mol. The van der Waals surface area contributed by atoms with Crippen molar-refractivity contribution in [3.63, 3.8) is 0 Å². The highest BCUT2D eigenvalue weighted by atomic mass is 16.2. The number of hydrogen-bond donors (Lipinski definition) is 4. The first-order chi connectivity index (χ1) is 13.4. The monoisotopic (exact) mass is 378 g/mol. The second kappa shape index (κ2) is 8.61. The Kier molecular flexibility index (Phi) is 5.99. The van der Waals surface area contributed by atoms with Gasteiger partial charge in [-0.3, -0.25) is 0 Å². The van der Waals surface area contributed by atoms with E-state index >= 15 is 0 Å². The van der Waals surface area contributed by atoms with E-state index in [4.69, 9.17) is 0 Å². The summed E-state index contributed by atoms with van der Waals surface area (Å²) in [4.78, 5) is 23.8. The largest absolute Gasteiger partial charge is 0.334 e. The fraction of sp³-hybridized carbons (Fsp3) is 0.273. The molecule has 6 nitrogen and oxygen atoms in total. The third-order valence-electron chi connectivity index (χ3n) is 4.80. The second-order valence-electron chi connectivity index (χ2n) is 7.01. The smallest absolute Gasteiger partial charge is 0.319 e. The molecule has 1 fully saturated rings. The van der Waals surface area contributed by atoms with Gasteiger partial charge in [-0.05, 0) is 48.6 Å². The molecule has 0 bridgehead atoms. The Morgan fingerprint density at radius 1 is 1.18 bits per heavy atom. The van der Waals surface area contributed by atoms with E-state index in [1.165, 1.54) is 5.56 Å². The Hall–Kier alpha value is -3.28. The van der Waals surface area contributed by atoms with Crippen LogP contribution in [0.4, 0.5) is 15.3 Å². The van der Waals surface area contributed by atoms with E-state index in [1.807, 2.05) is 49.4 Å². The summed E-state index contributed by atoms with van der Waals surface area (Å²) in [6, 6.07) is 13.3. The van der Waals surface area contributed by atoms with Gasteiger partial charge in [-0.15, -0.1) is 0 Å². The SMILES string of the molecule is C=C1NC(=O)NC1Cc1cc(NC(=O)NCc2cccc(C)c2)ccc1CC. The molecule has 28 heavy (non-hydrogen) atoms. The van der Waals surface area contributed by atoms with Crippen molar-refractivity contribution in [3.8, 4) is 0 Å². The molecule has 0 saturated carbocycles. The Bertz CT molecular complexity index is 907. The van der Waals surface area contributed by atoms with E-state index in [0.717, 1.165) is 28.8 Å². The number of benzene rings is 2. The van der Waals surface area contributed by atoms with Crippen molar-refractivity contribution in [2.24, 2.45) is 0 Å². The molecule has 4 N–H and O–H groups in total. The van der Waals surface area contributed by atoms with Crippen LogP contribution in [0.1, 0.15) is 29.2 Å². The van der Waals surface area contributed by atoms with Gasteiger partial charge in [0.2, 0.25) is 0 Å². The molecule has 3 rings (SSSR count). The number of urea groups is 2. The molecule has 1 aliphatic heterocycles. The minimum atomic E-state index is -0.253. The molecule has 4 amide bonds. The van der Waals surface area contributed by atoms with Gasteiger partial charge in [-0.2, -0.15) is 0 Å². The van der Waals surface area contributed by atoms with Gasteiger partial charge in [0.1, 0.15) is 0 Å². The van der Waals surface area contributed by atoms with Crippen LogP contribution in [0.15, 0.2) is 54.7 Å². The van der Waals surface area contributed by atoms with Crippen LogP contribution in [0.3, 0.4) is 0 Å². The molecule has 1 atom stereocenters. The third-order valence-corrected chi connectivity index (χ3v) is 4.80. The Labute approximate surface area is 165 Å². The fourth-order valence-corrected chi connectivity index (χ4v) is 3.33. The number of aryl methyl sites for hydroxylation is 2. The van der Waals surface area contributed by atoms with Gasteiger partial charge in [-0.25, -0.2) is 9.59 Å². The number of carbonyl (C=O) groups excluding carboxylic acids is 2. The summed E-state index contributed by atoms with van der Waals surface area (Å²) >= 11 is 0. The van der Waals surface area contributed by atoms with Gasteiger partial charge in [0.05, 0.1) is 6.04 Å². The molecule has 1 heterocycles. The first-order valence-corrected chi connectivity index (χ1v) is 9.43. The lowest BCUT2D eigenvalue weighted by Gasteiger charge is -2.16. The van der Waals surface area contributed by atoms with Crippen LogP contribution in [-0.4, -0.2) is 18.1 Å². The zero-order valence-corrected chi connectivity index (χ0v) is 16.3. The molecule has 0 aliphatic carbocycles. The fourth-order valence-electron chi connectivity index (χ4n) is 3.33. The molecule has 2 aromatic rings. The highest BCUT2D eigenvalue weighted by Crippen LogP contribution is 2.21. The standard InChI is InChI=1S/C22H26N4O2/c1-4-17-8-9-19(11-18(17)12-20-15(3)24-22(28)26-20)25-21(27)23-13-16-7-5-6-14(2)10-16/h5-11,20H,3-4,12-13H2,1-2H3,(H2,23,25,27)(H2,24,26,28). The van der Waals surface area contributed by atoms with Crippen molar-refractivity contribution < 1.29 is 9.59 Å². The zero-order valence-electron chi connectivity index (χ0n) is 16.3. The lowest BCUT2D eigenvalue weighted by molar-refractivity contribution is 0.247. The highest BCUT2D eigenvalue weighted by molar-refractivity contribution is 5.89. The summed E-state index contributed by atoms with van der Waals surface area (Å²) in [6.45, 7) is 8.47. The summed E-state index contributed by atoms with van der Waals surface area (Å²) < 4.78 is 0. The molecule has 0 spiro atoms. The van der Waals surface area contributed by atoms with Crippen molar-refractivity contribution >= 4 is 17.7 Å². The lowest BCUT2D eigenvalue weighted by atomic mass is 9.97. The Morgan fingerprint density at radius 2 is 2.00 bits per heavy atom. The average Bonchev–Trinajstić information content (AvgIpc) is 2.97. The number of hydrogen-bond acceptors (Lipinski definition) is 2. The first kappa shape index (κ1) is 19.5. The van der Waals surface area contributed by atoms with E-state index in [2.05, 4.69) is 34.8 Å². The summed E-state index contributed by atoms with van der Waals surface area (Å²) in [5, 5.41) is 11.3. The minimum absolute atomic E-state index is 0.150. The zero-order chi connectivity index (χ0) is 20.1. The van der Waals surface area contributed by atoms with Crippen molar-refractivity contribution in [1.29, 1.82) is 0 Å². The van der Waals surface area contributed by atoms with Gasteiger partial charge >= 0.3 is 12.1 Å². The van der Waals surface area contributed by atoms with Crippen LogP contribution >= 0.6 is 0 Å². The van der Waals surface area contributed by atoms with Crippen LogP contribution < -0.4 is 21.3 Å². The van der Waals surface area contributed by atoms with Crippen molar-refractivity contribution in [3.05, 3.63) is 77.0 Å². The number of amides is 4. The van der Waals surface area contributed by atoms with E-state index in [9.17, 15) is 9.59 Å². The number of nitrogens with one attached hydrogen (secondary N) is 4. The molecule has 0 radical (unpaired) electrons. The number of rotatable bonds is 6. The lowest BCUT2D eigenvalue weighted by Crippen LogP contribution is -2.29. The molecule has 146 valence electrons. The maximum absolute atomic E-state index is 12.3. The van der Waals surface area contributed by atoms with E-state index in [1.54, 1.807) is 0 Å². The van der Waals surface area contributed by atoms with Gasteiger partial charge in [0.25, 0.3) is 0 Å². The topological polar surface area (TPSA) is 82.3 Å². The van der Waals surface area contributed by atoms with Gasteiger partial charge < -0.3 is 21.3 Å². The summed E-state index contributed by atoms with van der Waals surface area (Å²) in [6.07, 6.45) is 1.50. The van der Waals surface area contributed by atoms with Crippen molar-refractivity contribution in [2.75, 3.05) is 5.32 Å². The van der Waals surface area contributed by atoms with E-state index < -0.39 is 0 Å². The predicted octanol–water partition coefficient (Wildman–Crippen LogP) is 3.62. The van der Waals surface area contributed by atoms with Crippen molar-refractivity contribution in [1.82, 2.24) is 16.0 Å². The molecule has 1 unspecified atom stereocenters. The number of anilines is 1. The van der Waals surface area contributed by atoms with E-state index in [-0.39, 0.29) is 18.1 Å². The van der Waals surface area contributed by atoms with Gasteiger partial charge in [-0.1, -0.05) is 49.4 Å². The Balaban J connectivity index is 1.64. The molecular weight excluding hydrogens is 352 g/mol. The normalized spacial score (nSPS) is 15.7. The molecule has 6 heteroatoms. The van der Waals surface area contributed by atoms with Crippen LogP contribution in [-0.2, 0) is 19.4 Å². The quantitative estimate of drug-likeness (QED) is 0.619. The minimum Gasteiger partial charge on any atom is -0.334 e. The summed E-state index contributed by atoms with van der Waals surface area (Å²) in [7, 11) is 0. The van der Waals surface area contributed by atoms with Crippen LogP contribution in [0, 0.1) is 6.92 Å². The third kappa shape index (κ3) is 4.91. The molecular formula is C22H26N4O2. The predicted molar refractivity (Wildman–Crippen MR) is 111 cm³/mol. The molecule has 1 aliphatic rings. The van der Waals surface area contributed by atoms with Crippen LogP contribution in [0.2, 0.25) is 0 Å². The molecule has 0 aromatic heterocycles. The van der Waals surface area contributed by atoms with Crippen molar-refractivity contribution in [2.45, 2.75) is 39.3 Å². The maximum Gasteiger partial charge on any atom is 0.319 e. The summed E-state index contributed by atoms with van der Waals surface area (Å²) in [5.74, 6) is 0. The number of carbonyl (C=O) groups is 2. The maximum atomic E-state index is 12.3. The first-order valence-electron chi connectivity index (χ1n) is 9.43. The van der Waals surface area contributed by atoms with Gasteiger partial charge in [0.15, 0.2) is 0 Å². The van der Waals surface area contributed by atoms with E-state index in [0.29, 0.717) is 18.7 Å². The Morgan fingerprint density at radius 3 is 2.68 bits per heavy atom. The molecule has 2 aromatic carbocycles. The van der Waals surface area contributed by atoms with Crippen LogP contribution in [0.25, 0.3) is 0 Å². The molecule has 1 saturated heterocycles. The highest BCUT2D eigenvalue weighted by Gasteiger charge is 2.25. The van der Waals surface area contributed by atoms with Gasteiger partial charge in [0, 0.05) is 17.9 Å². The summed E-state index contributed by atoms with van der Waals surface area (Å²) in [5.41, 5.74) is 5.86. The second-order valence-corrected chi connectivity index (χ2v) is 7.01.